The number of hydrogen-bond donors (Lipinski definition) is 3. The SMILES string of the molecule is CCC1=C(C)C2=NC1=CC1=C(C)C3=C(O)C(C)C(=C4NC(=CC5=NC(=C2)C(C(C)O)=C5C)C(C)C4CCC(=O)OC)C3=N1. The van der Waals surface area contributed by atoms with Gasteiger partial charge in [-0.1, -0.05) is 20.8 Å². The van der Waals surface area contributed by atoms with Gasteiger partial charge < -0.3 is 20.3 Å². The van der Waals surface area contributed by atoms with Crippen molar-refractivity contribution in [2.45, 2.75) is 73.8 Å². The Balaban J connectivity index is 1.62. The topological polar surface area (TPSA) is 116 Å². The quantitative estimate of drug-likeness (QED) is 0.333. The first kappa shape index (κ1) is 29.1. The van der Waals surface area contributed by atoms with Gasteiger partial charge in [0.2, 0.25) is 0 Å². The molecule has 1 fully saturated rings. The number of methoxy groups -OCH3 is 1. The number of hydrogen-bond acceptors (Lipinski definition) is 8. The average Bonchev–Trinajstić information content (AvgIpc) is 3.69. The van der Waals surface area contributed by atoms with E-state index in [0.29, 0.717) is 17.9 Å². The molecule has 5 heterocycles. The summed E-state index contributed by atoms with van der Waals surface area (Å²) >= 11 is 0. The number of ether oxygens (including phenoxy) is 1. The lowest BCUT2D eigenvalue weighted by Gasteiger charge is -2.19. The zero-order chi connectivity index (χ0) is 30.9. The summed E-state index contributed by atoms with van der Waals surface area (Å²) in [6.07, 6.45) is 7.04. The summed E-state index contributed by atoms with van der Waals surface area (Å²) in [6, 6.07) is 0. The molecule has 6 rings (SSSR count). The first-order valence-corrected chi connectivity index (χ1v) is 15.2. The van der Waals surface area contributed by atoms with Crippen LogP contribution in [0.4, 0.5) is 0 Å². The van der Waals surface area contributed by atoms with Crippen molar-refractivity contribution in [3.8, 4) is 0 Å². The molecule has 0 saturated carbocycles. The Bertz CT molecular complexity index is 1710. The lowest BCUT2D eigenvalue weighted by molar-refractivity contribution is -0.140. The van der Waals surface area contributed by atoms with Crippen LogP contribution < -0.4 is 5.32 Å². The van der Waals surface area contributed by atoms with Gasteiger partial charge in [-0.15, -0.1) is 0 Å². The number of aliphatic hydroxyl groups is 2. The molecular weight excluding hydrogens is 540 g/mol. The van der Waals surface area contributed by atoms with Gasteiger partial charge >= 0.3 is 5.97 Å². The summed E-state index contributed by atoms with van der Waals surface area (Å²) in [6.45, 7) is 14.1. The van der Waals surface area contributed by atoms with Crippen LogP contribution in [0.3, 0.4) is 0 Å². The van der Waals surface area contributed by atoms with Gasteiger partial charge in [-0.3, -0.25) is 4.79 Å². The molecule has 3 N–H and O–H groups in total. The standard InChI is InChI=1S/C35H40N4O4/c1-9-21-15(2)23-14-28-30(20(7)40)17(4)25(37-28)12-24-16(3)22(10-11-29(41)43-8)33(38-24)31-19(6)35(42)32-18(5)26(39-34(31)32)13-27(21)36-23/h12-14,16,19-20,22,38,40,42H,9-11H2,1-8H3. The second-order valence-electron chi connectivity index (χ2n) is 12.2. The van der Waals surface area contributed by atoms with E-state index in [2.05, 4.69) is 32.2 Å². The average molecular weight is 581 g/mol. The van der Waals surface area contributed by atoms with Crippen LogP contribution in [0.5, 0.6) is 0 Å². The Kier molecular flexibility index (Phi) is 7.16. The lowest BCUT2D eigenvalue weighted by Crippen LogP contribution is -2.18. The van der Waals surface area contributed by atoms with E-state index in [4.69, 9.17) is 19.7 Å². The second kappa shape index (κ2) is 10.6. The minimum absolute atomic E-state index is 0.0209. The van der Waals surface area contributed by atoms with Crippen LogP contribution in [0.1, 0.15) is 67.7 Å². The molecule has 0 amide bonds. The van der Waals surface area contributed by atoms with Crippen molar-refractivity contribution in [3.63, 3.8) is 0 Å². The monoisotopic (exact) mass is 580 g/mol. The number of aliphatic imine (C=N–C) groups is 3. The summed E-state index contributed by atoms with van der Waals surface area (Å²) in [5.41, 5.74) is 13.3. The molecule has 224 valence electrons. The number of carbonyl (C=O) groups is 1. The molecule has 0 spiro atoms. The molecule has 4 unspecified atom stereocenters. The third kappa shape index (κ3) is 4.46. The number of nitrogens with one attached hydrogen (secondary N) is 1. The smallest absolute Gasteiger partial charge is 0.305 e. The largest absolute Gasteiger partial charge is 0.511 e. The number of aliphatic hydroxyl groups excluding tert-OH is 2. The van der Waals surface area contributed by atoms with Gasteiger partial charge in [-0.2, -0.15) is 0 Å². The molecule has 1 aliphatic carbocycles. The van der Waals surface area contributed by atoms with Crippen LogP contribution in [-0.2, 0) is 9.53 Å². The number of esters is 1. The molecule has 0 aromatic heterocycles. The third-order valence-corrected chi connectivity index (χ3v) is 9.81. The van der Waals surface area contributed by atoms with Crippen molar-refractivity contribution in [2.24, 2.45) is 32.7 Å². The van der Waals surface area contributed by atoms with Crippen molar-refractivity contribution in [2.75, 3.05) is 7.11 Å². The highest BCUT2D eigenvalue weighted by Crippen LogP contribution is 2.48. The van der Waals surface area contributed by atoms with Gasteiger partial charge in [0.15, 0.2) is 0 Å². The first-order chi connectivity index (χ1) is 20.5. The van der Waals surface area contributed by atoms with Crippen molar-refractivity contribution in [1.82, 2.24) is 5.32 Å². The van der Waals surface area contributed by atoms with E-state index in [0.717, 1.165) is 85.4 Å². The predicted molar refractivity (Wildman–Crippen MR) is 170 cm³/mol. The molecule has 0 aromatic rings. The fourth-order valence-electron chi connectivity index (χ4n) is 7.29. The molecule has 6 aliphatic rings. The zero-order valence-corrected chi connectivity index (χ0v) is 26.2. The Morgan fingerprint density at radius 3 is 2.40 bits per heavy atom. The molecule has 0 aromatic carbocycles. The molecule has 4 atom stereocenters. The second-order valence-corrected chi connectivity index (χ2v) is 12.2. The van der Waals surface area contributed by atoms with Gasteiger partial charge in [-0.25, -0.2) is 15.0 Å². The molecule has 8 nitrogen and oxygen atoms in total. The van der Waals surface area contributed by atoms with E-state index in [1.165, 1.54) is 7.11 Å². The Hall–Kier alpha value is -4.04. The van der Waals surface area contributed by atoms with Crippen molar-refractivity contribution < 1.29 is 19.7 Å². The molecule has 8 heteroatoms. The van der Waals surface area contributed by atoms with Gasteiger partial charge in [0.25, 0.3) is 0 Å². The van der Waals surface area contributed by atoms with Crippen LogP contribution >= 0.6 is 0 Å². The normalized spacial score (nSPS) is 27.0. The van der Waals surface area contributed by atoms with Crippen molar-refractivity contribution in [3.05, 3.63) is 91.5 Å². The maximum Gasteiger partial charge on any atom is 0.305 e. The zero-order valence-electron chi connectivity index (χ0n) is 26.2. The minimum atomic E-state index is -0.704. The number of allylic oxidation sites excluding steroid dienone is 11. The fraction of sp³-hybridized carbons (Fsp3) is 0.429. The van der Waals surface area contributed by atoms with Crippen LogP contribution in [0.25, 0.3) is 0 Å². The number of carbonyl (C=O) groups excluding carboxylic acids is 1. The molecule has 8 bridgehead atoms. The van der Waals surface area contributed by atoms with Crippen LogP contribution in [0.2, 0.25) is 0 Å². The molecule has 5 aliphatic heterocycles. The van der Waals surface area contributed by atoms with Gasteiger partial charge in [0.1, 0.15) is 5.76 Å². The maximum absolute atomic E-state index is 12.2. The van der Waals surface area contributed by atoms with E-state index in [-0.39, 0.29) is 30.1 Å². The van der Waals surface area contributed by atoms with E-state index in [9.17, 15) is 15.0 Å². The summed E-state index contributed by atoms with van der Waals surface area (Å²) in [5, 5.41) is 26.0. The molecule has 43 heavy (non-hydrogen) atoms. The third-order valence-electron chi connectivity index (χ3n) is 9.81. The Morgan fingerprint density at radius 1 is 1.02 bits per heavy atom. The molecule has 1 saturated heterocycles. The van der Waals surface area contributed by atoms with E-state index in [1.54, 1.807) is 6.92 Å². The number of fused-ring (bicyclic) bond motifs is 5. The van der Waals surface area contributed by atoms with Crippen molar-refractivity contribution in [1.29, 1.82) is 0 Å². The summed E-state index contributed by atoms with van der Waals surface area (Å²) < 4.78 is 4.99. The Morgan fingerprint density at radius 2 is 1.72 bits per heavy atom. The number of rotatable bonds is 5. The highest BCUT2D eigenvalue weighted by molar-refractivity contribution is 6.21. The summed E-state index contributed by atoms with van der Waals surface area (Å²) in [7, 11) is 1.41. The van der Waals surface area contributed by atoms with Crippen LogP contribution in [0.15, 0.2) is 106 Å². The first-order valence-electron chi connectivity index (χ1n) is 15.2. The minimum Gasteiger partial charge on any atom is -0.511 e. The van der Waals surface area contributed by atoms with E-state index in [1.807, 2.05) is 32.9 Å². The van der Waals surface area contributed by atoms with Gasteiger partial charge in [0, 0.05) is 52.3 Å². The van der Waals surface area contributed by atoms with Crippen LogP contribution in [0, 0.1) is 17.8 Å². The molecule has 0 radical (unpaired) electrons. The maximum atomic E-state index is 12.2. The summed E-state index contributed by atoms with van der Waals surface area (Å²) in [5.74, 6) is -0.168. The summed E-state index contributed by atoms with van der Waals surface area (Å²) in [4.78, 5) is 27.4. The van der Waals surface area contributed by atoms with E-state index < -0.39 is 6.10 Å². The lowest BCUT2D eigenvalue weighted by atomic mass is 9.84. The van der Waals surface area contributed by atoms with Crippen LogP contribution in [-0.4, -0.2) is 46.5 Å². The highest BCUT2D eigenvalue weighted by Gasteiger charge is 2.44. The van der Waals surface area contributed by atoms with Gasteiger partial charge in [-0.05, 0) is 81.1 Å². The van der Waals surface area contributed by atoms with E-state index >= 15 is 0 Å². The van der Waals surface area contributed by atoms with Crippen molar-refractivity contribution >= 4 is 23.1 Å². The van der Waals surface area contributed by atoms with Gasteiger partial charge in [0.05, 0.1) is 47.4 Å². The number of nitrogens with zero attached hydrogens (tertiary/aromatic N) is 3. The predicted octanol–water partition coefficient (Wildman–Crippen LogP) is 6.24. The molecular formula is C35H40N4O4. The fourth-order valence-corrected chi connectivity index (χ4v) is 7.29. The highest BCUT2D eigenvalue weighted by atomic mass is 16.5. The Labute approximate surface area is 253 Å².